The van der Waals surface area contributed by atoms with Crippen molar-refractivity contribution in [3.8, 4) is 0 Å². The van der Waals surface area contributed by atoms with Crippen molar-refractivity contribution in [1.82, 2.24) is 26.6 Å². The number of ether oxygens (including phenoxy) is 1. The van der Waals surface area contributed by atoms with Crippen LogP contribution in [0.25, 0.3) is 0 Å². The lowest BCUT2D eigenvalue weighted by Gasteiger charge is -2.24. The third-order valence-corrected chi connectivity index (χ3v) is 7.74. The minimum absolute atomic E-state index is 0.0104. The van der Waals surface area contributed by atoms with Gasteiger partial charge in [0.05, 0.1) is 13.0 Å². The highest BCUT2D eigenvalue weighted by atomic mass is 16.5. The summed E-state index contributed by atoms with van der Waals surface area (Å²) in [7, 11) is 0. The Kier molecular flexibility index (Phi) is 17.9. The number of hydrogen-bond donors (Lipinski definition) is 9. The van der Waals surface area contributed by atoms with E-state index in [2.05, 4.69) is 31.6 Å². The summed E-state index contributed by atoms with van der Waals surface area (Å²) < 4.78 is 5.57. The van der Waals surface area contributed by atoms with Crippen LogP contribution >= 0.6 is 0 Å². The Morgan fingerprint density at radius 2 is 1.48 bits per heavy atom. The summed E-state index contributed by atoms with van der Waals surface area (Å²) in [5, 5.41) is 13.9. The third kappa shape index (κ3) is 14.6. The van der Waals surface area contributed by atoms with Gasteiger partial charge in [0.15, 0.2) is 5.96 Å². The molecule has 0 radical (unpaired) electrons. The van der Waals surface area contributed by atoms with Crippen molar-refractivity contribution < 1.29 is 28.7 Å². The Balaban J connectivity index is 2.37. The van der Waals surface area contributed by atoms with Crippen LogP contribution in [-0.2, 0) is 41.7 Å². The van der Waals surface area contributed by atoms with E-state index in [1.165, 1.54) is 0 Å². The van der Waals surface area contributed by atoms with Gasteiger partial charge in [0.2, 0.25) is 29.5 Å². The molecule has 16 heteroatoms. The molecule has 0 aromatic heterocycles. The van der Waals surface area contributed by atoms with E-state index in [1.54, 1.807) is 38.1 Å². The van der Waals surface area contributed by atoms with Crippen LogP contribution in [0.15, 0.2) is 29.3 Å². The number of rotatable bonds is 10. The number of nitrogens with zero attached hydrogens (tertiary/aromatic N) is 1. The molecule has 48 heavy (non-hydrogen) atoms. The van der Waals surface area contributed by atoms with Crippen molar-refractivity contribution >= 4 is 35.5 Å². The lowest BCUT2D eigenvalue weighted by Crippen LogP contribution is -2.54. The number of carbonyl (C=O) groups excluding carboxylic acids is 5. The lowest BCUT2D eigenvalue weighted by molar-refractivity contribution is -0.133. The molecule has 1 aromatic carbocycles. The number of fused-ring (bicyclic) bond motifs is 2. The molecule has 0 saturated heterocycles. The predicted molar refractivity (Wildman–Crippen MR) is 182 cm³/mol. The zero-order valence-corrected chi connectivity index (χ0v) is 28.1. The van der Waals surface area contributed by atoms with Gasteiger partial charge >= 0.3 is 0 Å². The van der Waals surface area contributed by atoms with Gasteiger partial charge in [-0.1, -0.05) is 38.1 Å². The fourth-order valence-corrected chi connectivity index (χ4v) is 5.11. The summed E-state index contributed by atoms with van der Waals surface area (Å²) in [5.41, 5.74) is 23.9. The van der Waals surface area contributed by atoms with Crippen LogP contribution in [0.4, 0.5) is 0 Å². The smallest absolute Gasteiger partial charge is 0.245 e. The van der Waals surface area contributed by atoms with Crippen LogP contribution in [0.5, 0.6) is 0 Å². The first-order valence-corrected chi connectivity index (χ1v) is 16.5. The first-order valence-electron chi connectivity index (χ1n) is 16.5. The molecule has 1 aliphatic rings. The number of aliphatic imine (C=N–C) groups is 1. The Morgan fingerprint density at radius 3 is 2.10 bits per heavy atom. The van der Waals surface area contributed by atoms with Gasteiger partial charge in [-0.05, 0) is 68.7 Å². The summed E-state index contributed by atoms with van der Waals surface area (Å²) in [5.74, 6) is -2.90. The zero-order valence-electron chi connectivity index (χ0n) is 28.1. The van der Waals surface area contributed by atoms with Crippen LogP contribution in [0.3, 0.4) is 0 Å². The summed E-state index contributed by atoms with van der Waals surface area (Å²) in [6, 6.07) is 3.40. The zero-order chi connectivity index (χ0) is 35.5. The first-order chi connectivity index (χ1) is 22.9. The first kappa shape index (κ1) is 39.9. The molecule has 0 aliphatic carbocycles. The topological polar surface area (TPSA) is 271 Å². The Hall–Kier alpha value is -4.28. The van der Waals surface area contributed by atoms with Crippen LogP contribution < -0.4 is 49.5 Å². The van der Waals surface area contributed by atoms with E-state index >= 15 is 0 Å². The van der Waals surface area contributed by atoms with Crippen LogP contribution in [-0.4, -0.2) is 86.1 Å². The third-order valence-electron chi connectivity index (χ3n) is 7.74. The summed E-state index contributed by atoms with van der Waals surface area (Å²) in [6.45, 7) is 4.37. The second-order valence-electron chi connectivity index (χ2n) is 12.1. The summed E-state index contributed by atoms with van der Waals surface area (Å²) in [4.78, 5) is 70.2. The minimum atomic E-state index is -1.05. The van der Waals surface area contributed by atoms with Crippen molar-refractivity contribution in [1.29, 1.82) is 0 Å². The van der Waals surface area contributed by atoms with Gasteiger partial charge in [-0.3, -0.25) is 24.0 Å². The molecule has 13 N–H and O–H groups in total. The highest BCUT2D eigenvalue weighted by Gasteiger charge is 2.29. The maximum Gasteiger partial charge on any atom is 0.245 e. The molecule has 1 heterocycles. The van der Waals surface area contributed by atoms with Gasteiger partial charge in [0.1, 0.15) is 30.9 Å². The maximum atomic E-state index is 13.5. The van der Waals surface area contributed by atoms with Gasteiger partial charge in [0.25, 0.3) is 0 Å². The van der Waals surface area contributed by atoms with Gasteiger partial charge < -0.3 is 54.3 Å². The number of benzene rings is 1. The molecule has 4 atom stereocenters. The highest BCUT2D eigenvalue weighted by molar-refractivity contribution is 5.93. The van der Waals surface area contributed by atoms with Gasteiger partial charge in [-0.2, -0.15) is 0 Å². The quantitative estimate of drug-likeness (QED) is 0.0775. The number of amides is 5. The SMILES string of the molecule is CC(C)[C@H]1NC(=O)[C@H](N=C(N)N)CCOCNC(=O)[C@H](CCCCN)NC(=O)[C@H](CCCCN)NC(=O)Cc2cccc(c2)CNC1=O. The van der Waals surface area contributed by atoms with Crippen molar-refractivity contribution in [3.05, 3.63) is 35.4 Å². The van der Waals surface area contributed by atoms with Gasteiger partial charge in [-0.15, -0.1) is 0 Å². The van der Waals surface area contributed by atoms with E-state index in [0.717, 1.165) is 5.56 Å². The number of guanidine groups is 1. The van der Waals surface area contributed by atoms with Gasteiger partial charge in [0, 0.05) is 13.0 Å². The molecule has 0 spiro atoms. The monoisotopic (exact) mass is 674 g/mol. The van der Waals surface area contributed by atoms with Crippen molar-refractivity contribution in [2.75, 3.05) is 26.4 Å². The average molecular weight is 675 g/mol. The molecule has 0 fully saturated rings. The molecular formula is C32H54N10O6. The Morgan fingerprint density at radius 1 is 0.833 bits per heavy atom. The van der Waals surface area contributed by atoms with E-state index in [-0.39, 0.29) is 50.5 Å². The fourth-order valence-electron chi connectivity index (χ4n) is 5.11. The minimum Gasteiger partial charge on any atom is -0.370 e. The number of unbranched alkanes of at least 4 members (excludes halogenated alkanes) is 2. The molecule has 1 aromatic rings. The van der Waals surface area contributed by atoms with E-state index in [9.17, 15) is 24.0 Å². The highest BCUT2D eigenvalue weighted by Crippen LogP contribution is 2.11. The number of nitrogens with two attached hydrogens (primary N) is 4. The Bertz CT molecular complexity index is 1240. The number of hydrogen-bond acceptors (Lipinski definition) is 9. The summed E-state index contributed by atoms with van der Waals surface area (Å²) >= 11 is 0. The normalized spacial score (nSPS) is 22.5. The van der Waals surface area contributed by atoms with Crippen molar-refractivity contribution in [2.45, 2.75) is 95.9 Å². The van der Waals surface area contributed by atoms with Crippen LogP contribution in [0.2, 0.25) is 0 Å². The molecule has 5 amide bonds. The van der Waals surface area contributed by atoms with E-state index in [4.69, 9.17) is 27.7 Å². The molecule has 1 aliphatic heterocycles. The molecule has 16 nitrogen and oxygen atoms in total. The van der Waals surface area contributed by atoms with Crippen molar-refractivity contribution in [3.63, 3.8) is 0 Å². The number of nitrogens with one attached hydrogen (secondary N) is 5. The van der Waals surface area contributed by atoms with Crippen LogP contribution in [0.1, 0.15) is 69.9 Å². The molecule has 0 unspecified atom stereocenters. The van der Waals surface area contributed by atoms with E-state index < -0.39 is 47.8 Å². The summed E-state index contributed by atoms with van der Waals surface area (Å²) in [6.07, 6.45) is 3.19. The molecule has 0 saturated carbocycles. The lowest BCUT2D eigenvalue weighted by atomic mass is 10.0. The van der Waals surface area contributed by atoms with Gasteiger partial charge in [-0.25, -0.2) is 4.99 Å². The number of carbonyl (C=O) groups is 5. The molecular weight excluding hydrogens is 620 g/mol. The second kappa shape index (κ2) is 21.6. The molecule has 2 rings (SSSR count). The van der Waals surface area contributed by atoms with E-state index in [0.29, 0.717) is 57.2 Å². The molecule has 268 valence electrons. The standard InChI is InChI=1S/C32H54N10O6/c1-20(2)27-31(47)37-18-22-9-7-8-21(16-22)17-26(43)39-24(11-4-6-14-34)29(45)40-23(10-3-5-13-33)28(44)38-19-48-15-12-25(30(46)42-27)41-32(35)36/h7-9,16,20,23-25,27H,3-6,10-15,17-19,33-34H2,1-2H3,(H,37,47)(H,38,44)(H,39,43)(H,40,45)(H,42,46)(H4,35,36,41)/t23-,24-,25+,27+/m0/s1. The average Bonchev–Trinajstić information content (AvgIpc) is 3.03. The van der Waals surface area contributed by atoms with E-state index in [1.807, 2.05) is 0 Å². The Labute approximate surface area is 282 Å². The second-order valence-corrected chi connectivity index (χ2v) is 12.1. The largest absolute Gasteiger partial charge is 0.370 e. The maximum absolute atomic E-state index is 13.5. The van der Waals surface area contributed by atoms with Crippen molar-refractivity contribution in [2.24, 2.45) is 33.8 Å². The predicted octanol–water partition coefficient (Wildman–Crippen LogP) is -1.65. The molecule has 2 bridgehead atoms. The fraction of sp³-hybridized carbons (Fsp3) is 0.625. The van der Waals surface area contributed by atoms with Crippen LogP contribution in [0, 0.1) is 5.92 Å².